The van der Waals surface area contributed by atoms with Crippen LogP contribution in [0.1, 0.15) is 58.3 Å². The third-order valence-electron chi connectivity index (χ3n) is 2.15. The van der Waals surface area contributed by atoms with Gasteiger partial charge in [-0.05, 0) is 6.42 Å². The molecule has 0 aliphatic heterocycles. The van der Waals surface area contributed by atoms with Crippen LogP contribution in [0, 0.1) is 6.42 Å². The summed E-state index contributed by atoms with van der Waals surface area (Å²) in [6, 6.07) is 0. The van der Waals surface area contributed by atoms with Crippen molar-refractivity contribution in [3.8, 4) is 0 Å². The predicted octanol–water partition coefficient (Wildman–Crippen LogP) is 2.82. The average molecular weight is 184 g/mol. The first-order valence-electron chi connectivity index (χ1n) is 5.40. The molecule has 0 fully saturated rings. The molecule has 13 heavy (non-hydrogen) atoms. The van der Waals surface area contributed by atoms with Gasteiger partial charge in [0.05, 0.1) is 0 Å². The molecule has 0 saturated carbocycles. The summed E-state index contributed by atoms with van der Waals surface area (Å²) < 4.78 is 0. The van der Waals surface area contributed by atoms with E-state index in [0.717, 1.165) is 12.8 Å². The highest BCUT2D eigenvalue weighted by molar-refractivity contribution is 5.82. The molecular weight excluding hydrogens is 162 g/mol. The molecule has 0 aromatic heterocycles. The van der Waals surface area contributed by atoms with E-state index in [1.807, 2.05) is 0 Å². The number of nitrogens with two attached hydrogens (primary N) is 1. The second-order valence-corrected chi connectivity index (χ2v) is 3.52. The Hall–Kier alpha value is -0.530. The molecule has 0 saturated heterocycles. The summed E-state index contributed by atoms with van der Waals surface area (Å²) in [6.45, 7) is 2.22. The Kier molecular flexibility index (Phi) is 9.17. The van der Waals surface area contributed by atoms with Gasteiger partial charge in [-0.2, -0.15) is 0 Å². The highest BCUT2D eigenvalue weighted by Crippen LogP contribution is 2.08. The molecule has 0 heterocycles. The Bertz CT molecular complexity index is 123. The minimum absolute atomic E-state index is 0.286. The van der Waals surface area contributed by atoms with Gasteiger partial charge in [-0.3, -0.25) is 4.79 Å². The lowest BCUT2D eigenvalue weighted by molar-refractivity contribution is -0.115. The molecule has 0 bridgehead atoms. The van der Waals surface area contributed by atoms with E-state index in [1.165, 1.54) is 38.5 Å². The van der Waals surface area contributed by atoms with Crippen molar-refractivity contribution in [2.45, 2.75) is 58.3 Å². The maximum Gasteiger partial charge on any atom is 0.221 e. The van der Waals surface area contributed by atoms with Crippen molar-refractivity contribution in [1.29, 1.82) is 0 Å². The van der Waals surface area contributed by atoms with Gasteiger partial charge in [-0.1, -0.05) is 51.9 Å². The molecule has 0 atom stereocenters. The Balaban J connectivity index is 2.87. The molecule has 2 heteroatoms. The van der Waals surface area contributed by atoms with Gasteiger partial charge < -0.3 is 5.73 Å². The number of rotatable bonds is 9. The monoisotopic (exact) mass is 184 g/mol. The van der Waals surface area contributed by atoms with Crippen LogP contribution in [0.4, 0.5) is 0 Å². The summed E-state index contributed by atoms with van der Waals surface area (Å²) in [5.41, 5.74) is 4.98. The number of primary amides is 1. The molecule has 1 amide bonds. The van der Waals surface area contributed by atoms with Crippen LogP contribution < -0.4 is 5.73 Å². The number of unbranched alkanes of at least 4 members (excludes halogenated alkanes) is 7. The van der Waals surface area contributed by atoms with E-state index in [2.05, 4.69) is 6.92 Å². The lowest BCUT2D eigenvalue weighted by atomic mass is 10.1. The second kappa shape index (κ2) is 9.56. The zero-order chi connectivity index (χ0) is 9.94. The molecule has 0 spiro atoms. The first-order chi connectivity index (χ1) is 6.27. The smallest absolute Gasteiger partial charge is 0.221 e. The summed E-state index contributed by atoms with van der Waals surface area (Å²) in [5.74, 6) is -0.286. The number of amides is 1. The van der Waals surface area contributed by atoms with Gasteiger partial charge >= 0.3 is 0 Å². The van der Waals surface area contributed by atoms with Crippen LogP contribution in [-0.2, 0) is 4.79 Å². The summed E-state index contributed by atoms with van der Waals surface area (Å²) in [4.78, 5) is 10.3. The van der Waals surface area contributed by atoms with Gasteiger partial charge in [0.2, 0.25) is 5.91 Å². The van der Waals surface area contributed by atoms with Gasteiger partial charge in [0.15, 0.2) is 0 Å². The van der Waals surface area contributed by atoms with Crippen LogP contribution >= 0.6 is 0 Å². The Morgan fingerprint density at radius 1 is 1.08 bits per heavy atom. The fourth-order valence-corrected chi connectivity index (χ4v) is 1.35. The van der Waals surface area contributed by atoms with Crippen molar-refractivity contribution in [3.05, 3.63) is 6.42 Å². The average Bonchev–Trinajstić information content (AvgIpc) is 2.09. The van der Waals surface area contributed by atoms with Crippen molar-refractivity contribution < 1.29 is 4.79 Å². The summed E-state index contributed by atoms with van der Waals surface area (Å²) >= 11 is 0. The van der Waals surface area contributed by atoms with Crippen molar-refractivity contribution in [2.24, 2.45) is 5.73 Å². The summed E-state index contributed by atoms with van der Waals surface area (Å²) in [5, 5.41) is 0. The molecule has 2 N–H and O–H groups in total. The fraction of sp³-hybridized carbons (Fsp3) is 0.818. The van der Waals surface area contributed by atoms with E-state index < -0.39 is 0 Å². The highest BCUT2D eigenvalue weighted by Gasteiger charge is 1.94. The van der Waals surface area contributed by atoms with E-state index in [9.17, 15) is 4.79 Å². The molecule has 0 aromatic rings. The first-order valence-corrected chi connectivity index (χ1v) is 5.40. The van der Waals surface area contributed by atoms with Crippen molar-refractivity contribution >= 4 is 5.91 Å². The zero-order valence-electron chi connectivity index (χ0n) is 8.72. The molecule has 0 aromatic carbocycles. The normalized spacial score (nSPS) is 10.2. The van der Waals surface area contributed by atoms with Gasteiger partial charge in [0.25, 0.3) is 0 Å². The maximum absolute atomic E-state index is 10.3. The Morgan fingerprint density at radius 3 is 2.15 bits per heavy atom. The van der Waals surface area contributed by atoms with E-state index in [4.69, 9.17) is 5.73 Å². The summed E-state index contributed by atoms with van der Waals surface area (Å²) in [6.07, 6.45) is 11.4. The van der Waals surface area contributed by atoms with E-state index in [1.54, 1.807) is 6.42 Å². The van der Waals surface area contributed by atoms with Gasteiger partial charge in [-0.25, -0.2) is 0 Å². The minimum Gasteiger partial charge on any atom is -0.369 e. The molecule has 0 unspecified atom stereocenters. The second-order valence-electron chi connectivity index (χ2n) is 3.52. The molecular formula is C11H22NO. The lowest BCUT2D eigenvalue weighted by Crippen LogP contribution is -2.10. The van der Waals surface area contributed by atoms with Crippen LogP contribution in [0.3, 0.4) is 0 Å². The molecule has 77 valence electrons. The predicted molar refractivity (Wildman–Crippen MR) is 56.1 cm³/mol. The molecule has 0 aliphatic carbocycles. The fourth-order valence-electron chi connectivity index (χ4n) is 1.35. The van der Waals surface area contributed by atoms with Crippen molar-refractivity contribution in [2.75, 3.05) is 0 Å². The summed E-state index contributed by atoms with van der Waals surface area (Å²) in [7, 11) is 0. The molecule has 1 radical (unpaired) electrons. The van der Waals surface area contributed by atoms with Crippen LogP contribution in [0.5, 0.6) is 0 Å². The van der Waals surface area contributed by atoms with E-state index in [-0.39, 0.29) is 5.91 Å². The van der Waals surface area contributed by atoms with E-state index in [0.29, 0.717) is 0 Å². The number of hydrogen-bond acceptors (Lipinski definition) is 1. The molecule has 0 rings (SSSR count). The van der Waals surface area contributed by atoms with Crippen LogP contribution in [0.2, 0.25) is 0 Å². The molecule has 0 aliphatic rings. The first kappa shape index (κ1) is 12.5. The SMILES string of the molecule is CCCCCCCCC[CH]C(N)=O. The third kappa shape index (κ3) is 11.5. The maximum atomic E-state index is 10.3. The minimum atomic E-state index is -0.286. The van der Waals surface area contributed by atoms with E-state index >= 15 is 0 Å². The largest absolute Gasteiger partial charge is 0.369 e. The number of carbonyl (C=O) groups excluding carboxylic acids is 1. The quantitative estimate of drug-likeness (QED) is 0.550. The van der Waals surface area contributed by atoms with Crippen LogP contribution in [0.15, 0.2) is 0 Å². The lowest BCUT2D eigenvalue weighted by Gasteiger charge is -1.99. The van der Waals surface area contributed by atoms with Crippen LogP contribution in [0.25, 0.3) is 0 Å². The Morgan fingerprint density at radius 2 is 1.62 bits per heavy atom. The van der Waals surface area contributed by atoms with Crippen LogP contribution in [-0.4, -0.2) is 5.91 Å². The standard InChI is InChI=1S/C11H22NO/c1-2-3-4-5-6-7-8-9-10-11(12)13/h10H,2-9H2,1H3,(H2,12,13). The Labute approximate surface area is 81.9 Å². The number of hydrogen-bond donors (Lipinski definition) is 1. The van der Waals surface area contributed by atoms with Gasteiger partial charge in [0, 0.05) is 6.42 Å². The number of carbonyl (C=O) groups is 1. The topological polar surface area (TPSA) is 43.1 Å². The zero-order valence-corrected chi connectivity index (χ0v) is 8.72. The van der Waals surface area contributed by atoms with Crippen molar-refractivity contribution in [1.82, 2.24) is 0 Å². The third-order valence-corrected chi connectivity index (χ3v) is 2.15. The van der Waals surface area contributed by atoms with Gasteiger partial charge in [-0.15, -0.1) is 0 Å². The van der Waals surface area contributed by atoms with Crippen molar-refractivity contribution in [3.63, 3.8) is 0 Å². The molecule has 2 nitrogen and oxygen atoms in total. The van der Waals surface area contributed by atoms with Gasteiger partial charge in [0.1, 0.15) is 0 Å². The highest BCUT2D eigenvalue weighted by atomic mass is 16.1.